The van der Waals surface area contributed by atoms with Crippen molar-refractivity contribution < 1.29 is 13.2 Å². The zero-order valence-electron chi connectivity index (χ0n) is 15.8. The number of hydrogen-bond donors (Lipinski definition) is 2. The van der Waals surface area contributed by atoms with Gasteiger partial charge in [-0.3, -0.25) is 0 Å². The second-order valence-electron chi connectivity index (χ2n) is 7.14. The van der Waals surface area contributed by atoms with Crippen molar-refractivity contribution in [3.63, 3.8) is 0 Å². The summed E-state index contributed by atoms with van der Waals surface area (Å²) < 4.78 is 27.7. The van der Waals surface area contributed by atoms with Crippen molar-refractivity contribution in [3.05, 3.63) is 62.6 Å². The van der Waals surface area contributed by atoms with Crippen molar-refractivity contribution >= 4 is 67.2 Å². The summed E-state index contributed by atoms with van der Waals surface area (Å²) in [5.41, 5.74) is 6.39. The summed E-state index contributed by atoms with van der Waals surface area (Å²) in [7, 11) is -3.80. The molecule has 2 amide bonds. The van der Waals surface area contributed by atoms with Crippen molar-refractivity contribution in [2.24, 2.45) is 0 Å². The molecule has 5 nitrogen and oxygen atoms in total. The van der Waals surface area contributed by atoms with E-state index in [4.69, 9.17) is 0 Å². The molecule has 0 unspecified atom stereocenters. The average Bonchev–Trinajstić information content (AvgIpc) is 3.25. The van der Waals surface area contributed by atoms with Gasteiger partial charge in [-0.05, 0) is 72.4 Å². The summed E-state index contributed by atoms with van der Waals surface area (Å²) in [4.78, 5) is 12.5. The van der Waals surface area contributed by atoms with Crippen LogP contribution >= 0.6 is 15.9 Å². The van der Waals surface area contributed by atoms with Gasteiger partial charge < -0.3 is 5.32 Å². The molecule has 2 aromatic carbocycles. The molecule has 2 N–H and O–H groups in total. The topological polar surface area (TPSA) is 75.3 Å². The first-order chi connectivity index (χ1) is 12.9. The SMILES string of the molecule is O=C(Nc1c2c(cc3c1CCC3)CCC2)NS(=O)(=O)Cc1ccccc1Br.[Na]. The monoisotopic (exact) mass is 471 g/mol. The number of urea groups is 1. The molecule has 8 heteroatoms. The molecule has 0 fully saturated rings. The maximum absolute atomic E-state index is 12.5. The van der Waals surface area contributed by atoms with E-state index in [-0.39, 0.29) is 35.3 Å². The van der Waals surface area contributed by atoms with Crippen LogP contribution in [-0.2, 0) is 41.5 Å². The van der Waals surface area contributed by atoms with Gasteiger partial charge >= 0.3 is 6.03 Å². The molecule has 2 aliphatic carbocycles. The van der Waals surface area contributed by atoms with E-state index in [9.17, 15) is 13.2 Å². The molecular formula is C20H21BrN2NaO3S. The minimum Gasteiger partial charge on any atom is -0.307 e. The van der Waals surface area contributed by atoms with Crippen LogP contribution in [0, 0.1) is 0 Å². The molecule has 28 heavy (non-hydrogen) atoms. The predicted octanol–water partition coefficient (Wildman–Crippen LogP) is 3.70. The summed E-state index contributed by atoms with van der Waals surface area (Å²) in [6.45, 7) is 0. The number of fused-ring (bicyclic) bond motifs is 2. The third kappa shape index (κ3) is 4.65. The van der Waals surface area contributed by atoms with Crippen LogP contribution in [0.1, 0.15) is 40.7 Å². The van der Waals surface area contributed by atoms with Gasteiger partial charge in [0.15, 0.2) is 0 Å². The summed E-state index contributed by atoms with van der Waals surface area (Å²) in [5.74, 6) is -0.257. The molecule has 0 bridgehead atoms. The molecule has 0 spiro atoms. The Bertz CT molecular complexity index is 992. The number of rotatable bonds is 4. The van der Waals surface area contributed by atoms with Gasteiger partial charge in [0.1, 0.15) is 0 Å². The number of carbonyl (C=O) groups is 1. The largest absolute Gasteiger partial charge is 0.332 e. The molecule has 0 aliphatic heterocycles. The number of anilines is 1. The number of halogens is 1. The maximum atomic E-state index is 12.5. The second kappa shape index (κ2) is 8.88. The normalized spacial score (nSPS) is 14.8. The van der Waals surface area contributed by atoms with Crippen LogP contribution in [0.2, 0.25) is 0 Å². The van der Waals surface area contributed by atoms with Gasteiger partial charge in [-0.2, -0.15) is 0 Å². The van der Waals surface area contributed by atoms with Gasteiger partial charge in [0.05, 0.1) is 5.75 Å². The standard InChI is InChI=1S/C20H21BrN2O3S.Na/c21-18-10-2-1-5-15(18)12-27(25,26)23-20(24)22-19-16-8-3-6-13(16)11-14-7-4-9-17(14)19;/h1-2,5,10-11H,3-4,6-9,12H2,(H2,22,23,24);. The number of hydrogen-bond acceptors (Lipinski definition) is 3. The maximum Gasteiger partial charge on any atom is 0.332 e. The zero-order valence-corrected chi connectivity index (χ0v) is 20.2. The van der Waals surface area contributed by atoms with Gasteiger partial charge in [0.2, 0.25) is 10.0 Å². The zero-order chi connectivity index (χ0) is 19.0. The molecule has 1 radical (unpaired) electrons. The van der Waals surface area contributed by atoms with Crippen molar-refractivity contribution in [3.8, 4) is 0 Å². The molecule has 0 heterocycles. The van der Waals surface area contributed by atoms with Crippen LogP contribution in [-0.4, -0.2) is 44.0 Å². The van der Waals surface area contributed by atoms with Crippen LogP contribution in [0.5, 0.6) is 0 Å². The number of nitrogens with one attached hydrogen (secondary N) is 2. The fraction of sp³-hybridized carbons (Fsp3) is 0.350. The third-order valence-corrected chi connectivity index (χ3v) is 7.22. The van der Waals surface area contributed by atoms with Crippen molar-refractivity contribution in [2.75, 3.05) is 5.32 Å². The summed E-state index contributed by atoms with van der Waals surface area (Å²) in [6.07, 6.45) is 6.08. The summed E-state index contributed by atoms with van der Waals surface area (Å²) in [5, 5.41) is 2.86. The van der Waals surface area contributed by atoms with E-state index in [0.717, 1.165) is 44.2 Å². The van der Waals surface area contributed by atoms with E-state index in [1.54, 1.807) is 18.2 Å². The van der Waals surface area contributed by atoms with E-state index in [1.807, 2.05) is 6.07 Å². The Morgan fingerprint density at radius 1 is 1.00 bits per heavy atom. The Morgan fingerprint density at radius 3 is 2.21 bits per heavy atom. The van der Waals surface area contributed by atoms with Gasteiger partial charge in [0, 0.05) is 39.7 Å². The second-order valence-corrected chi connectivity index (χ2v) is 9.72. The minimum atomic E-state index is -3.80. The molecule has 143 valence electrons. The van der Waals surface area contributed by atoms with E-state index in [1.165, 1.54) is 22.3 Å². The fourth-order valence-electron chi connectivity index (χ4n) is 4.10. The molecule has 0 aromatic heterocycles. The Hall–Kier alpha value is -0.860. The van der Waals surface area contributed by atoms with E-state index in [2.05, 4.69) is 32.0 Å². The summed E-state index contributed by atoms with van der Waals surface area (Å²) >= 11 is 3.34. The Labute approximate surface area is 196 Å². The minimum absolute atomic E-state index is 0. The predicted molar refractivity (Wildman–Crippen MR) is 115 cm³/mol. The van der Waals surface area contributed by atoms with Crippen molar-refractivity contribution in [2.45, 2.75) is 44.3 Å². The average molecular weight is 472 g/mol. The van der Waals surface area contributed by atoms with E-state index >= 15 is 0 Å². The number of carbonyl (C=O) groups excluding carboxylic acids is 1. The number of aryl methyl sites for hydroxylation is 2. The van der Waals surface area contributed by atoms with Crippen LogP contribution in [0.4, 0.5) is 10.5 Å². The van der Waals surface area contributed by atoms with Crippen LogP contribution < -0.4 is 10.0 Å². The molecule has 0 atom stereocenters. The van der Waals surface area contributed by atoms with Crippen LogP contribution in [0.15, 0.2) is 34.8 Å². The first-order valence-corrected chi connectivity index (χ1v) is 11.6. The van der Waals surface area contributed by atoms with Crippen molar-refractivity contribution in [1.29, 1.82) is 0 Å². The number of amides is 2. The smallest absolute Gasteiger partial charge is 0.307 e. The summed E-state index contributed by atoms with van der Waals surface area (Å²) in [6, 6.07) is 8.68. The molecular weight excluding hydrogens is 451 g/mol. The fourth-order valence-corrected chi connectivity index (χ4v) is 5.78. The molecule has 0 saturated carbocycles. The molecule has 2 aliphatic rings. The van der Waals surface area contributed by atoms with E-state index < -0.39 is 16.1 Å². The number of benzene rings is 2. The molecule has 0 saturated heterocycles. The first-order valence-electron chi connectivity index (χ1n) is 9.14. The van der Waals surface area contributed by atoms with E-state index in [0.29, 0.717) is 10.0 Å². The Kier molecular flexibility index (Phi) is 6.92. The third-order valence-electron chi connectivity index (χ3n) is 5.26. The molecule has 4 rings (SSSR count). The number of sulfonamides is 1. The van der Waals surface area contributed by atoms with Gasteiger partial charge in [-0.25, -0.2) is 17.9 Å². The van der Waals surface area contributed by atoms with Crippen LogP contribution in [0.25, 0.3) is 0 Å². The Balaban J connectivity index is 0.00000225. The van der Waals surface area contributed by atoms with Gasteiger partial charge in [-0.1, -0.05) is 40.2 Å². The van der Waals surface area contributed by atoms with Gasteiger partial charge in [-0.15, -0.1) is 0 Å². The van der Waals surface area contributed by atoms with Gasteiger partial charge in [0.25, 0.3) is 0 Å². The first kappa shape index (κ1) is 21.8. The Morgan fingerprint density at radius 2 is 1.61 bits per heavy atom. The quantitative estimate of drug-likeness (QED) is 0.667. The molecule has 2 aromatic rings. The van der Waals surface area contributed by atoms with Crippen molar-refractivity contribution in [1.82, 2.24) is 4.72 Å². The van der Waals surface area contributed by atoms with Crippen LogP contribution in [0.3, 0.4) is 0 Å².